The summed E-state index contributed by atoms with van der Waals surface area (Å²) >= 11 is 0. The fourth-order valence-electron chi connectivity index (χ4n) is 8.97. The SMILES string of the molecule is CCCCCCC/C=C\CCCCCCCC(=O)OCC(COC1OC(COC2OC(CO)C(O)C(O)C2O)C(O)C(O)C1O)OC(=O)CCCCCCCCCCC/C=C\CCCCCCCCCC. The Bertz CT molecular complexity index is 1330. The Balaban J connectivity index is 1.76. The summed E-state index contributed by atoms with van der Waals surface area (Å²) in [6, 6.07) is 0. The van der Waals surface area contributed by atoms with Crippen molar-refractivity contribution in [3.63, 3.8) is 0 Å². The third-order valence-corrected chi connectivity index (χ3v) is 13.7. The second-order valence-corrected chi connectivity index (χ2v) is 20.1. The highest BCUT2D eigenvalue weighted by molar-refractivity contribution is 5.70. The van der Waals surface area contributed by atoms with Crippen molar-refractivity contribution in [2.45, 2.75) is 293 Å². The lowest BCUT2D eigenvalue weighted by molar-refractivity contribution is -0.332. The molecule has 0 spiro atoms. The number of aliphatic hydroxyl groups is 7. The zero-order valence-corrected chi connectivity index (χ0v) is 44.2. The summed E-state index contributed by atoms with van der Waals surface area (Å²) in [6.07, 6.45) is 29.1. The van der Waals surface area contributed by atoms with Gasteiger partial charge in [0.1, 0.15) is 55.4 Å². The fraction of sp³-hybridized carbons (Fsp3) is 0.893. The van der Waals surface area contributed by atoms with E-state index in [0.717, 1.165) is 64.2 Å². The summed E-state index contributed by atoms with van der Waals surface area (Å²) in [5.41, 5.74) is 0. The van der Waals surface area contributed by atoms with Crippen molar-refractivity contribution in [3.05, 3.63) is 24.3 Å². The second kappa shape index (κ2) is 43.2. The van der Waals surface area contributed by atoms with Crippen molar-refractivity contribution in [2.24, 2.45) is 0 Å². The zero-order valence-electron chi connectivity index (χ0n) is 44.2. The number of hydrogen-bond donors (Lipinski definition) is 7. The second-order valence-electron chi connectivity index (χ2n) is 20.1. The van der Waals surface area contributed by atoms with Gasteiger partial charge in [-0.05, 0) is 64.2 Å². The van der Waals surface area contributed by atoms with Crippen molar-refractivity contribution in [1.29, 1.82) is 0 Å². The average Bonchev–Trinajstić information content (AvgIpc) is 3.36. The van der Waals surface area contributed by atoms with Crippen LogP contribution in [0.3, 0.4) is 0 Å². The van der Waals surface area contributed by atoms with Crippen molar-refractivity contribution in [1.82, 2.24) is 0 Å². The molecule has 0 aromatic carbocycles. The molecule has 416 valence electrons. The maximum atomic E-state index is 13.1. The van der Waals surface area contributed by atoms with Gasteiger partial charge in [-0.3, -0.25) is 9.59 Å². The van der Waals surface area contributed by atoms with Crippen LogP contribution in [0.25, 0.3) is 0 Å². The van der Waals surface area contributed by atoms with E-state index in [4.69, 9.17) is 28.4 Å². The van der Waals surface area contributed by atoms with E-state index >= 15 is 0 Å². The van der Waals surface area contributed by atoms with Crippen LogP contribution in [-0.2, 0) is 38.0 Å². The molecule has 2 heterocycles. The van der Waals surface area contributed by atoms with Crippen LogP contribution in [0, 0.1) is 0 Å². The van der Waals surface area contributed by atoms with E-state index < -0.39 is 92.7 Å². The standard InChI is InChI=1S/C56H102O15/c1-3-5-7-9-11-13-15-17-19-20-21-22-23-24-25-27-29-31-33-35-37-39-48(59)69-44(41-66-47(58)38-36-34-32-30-28-26-18-16-14-12-10-8-6-4-2)42-67-55-54(65)52(63)50(61)46(71-55)43-68-56-53(64)51(62)49(60)45(40-57)70-56/h16,18,20-21,44-46,49-57,60-65H,3-15,17,19,22-43H2,1-2H3/b18-16-,21-20-. The topological polar surface area (TPSA) is 231 Å². The summed E-state index contributed by atoms with van der Waals surface area (Å²) in [7, 11) is 0. The van der Waals surface area contributed by atoms with Crippen LogP contribution in [-0.4, -0.2) is 142 Å². The van der Waals surface area contributed by atoms with Gasteiger partial charge in [0.2, 0.25) is 0 Å². The fourth-order valence-corrected chi connectivity index (χ4v) is 8.97. The molecule has 2 saturated heterocycles. The summed E-state index contributed by atoms with van der Waals surface area (Å²) < 4.78 is 33.7. The molecule has 2 aliphatic rings. The maximum Gasteiger partial charge on any atom is 0.306 e. The van der Waals surface area contributed by atoms with Crippen LogP contribution in [0.15, 0.2) is 24.3 Å². The molecule has 0 aromatic heterocycles. The largest absolute Gasteiger partial charge is 0.462 e. The van der Waals surface area contributed by atoms with Gasteiger partial charge < -0.3 is 64.2 Å². The highest BCUT2D eigenvalue weighted by Gasteiger charge is 2.47. The Morgan fingerprint density at radius 1 is 0.437 bits per heavy atom. The molecule has 0 amide bonds. The molecule has 11 atom stereocenters. The minimum Gasteiger partial charge on any atom is -0.462 e. The summed E-state index contributed by atoms with van der Waals surface area (Å²) in [5.74, 6) is -0.929. The molecule has 15 heteroatoms. The van der Waals surface area contributed by atoms with E-state index in [9.17, 15) is 45.3 Å². The predicted octanol–water partition coefficient (Wildman–Crippen LogP) is 9.11. The van der Waals surface area contributed by atoms with Gasteiger partial charge >= 0.3 is 11.9 Å². The third kappa shape index (κ3) is 30.8. The molecular weight excluding hydrogens is 913 g/mol. The molecule has 0 saturated carbocycles. The number of ether oxygens (including phenoxy) is 6. The molecule has 2 rings (SSSR count). The maximum absolute atomic E-state index is 13.1. The summed E-state index contributed by atoms with van der Waals surface area (Å²) in [5, 5.41) is 72.2. The number of unbranched alkanes of at least 4 members (excludes halogenated alkanes) is 27. The highest BCUT2D eigenvalue weighted by atomic mass is 16.7. The molecule has 7 N–H and O–H groups in total. The monoisotopic (exact) mass is 1010 g/mol. The van der Waals surface area contributed by atoms with Crippen LogP contribution < -0.4 is 0 Å². The number of aliphatic hydroxyl groups excluding tert-OH is 7. The van der Waals surface area contributed by atoms with Gasteiger partial charge in [0.15, 0.2) is 18.7 Å². The van der Waals surface area contributed by atoms with Crippen LogP contribution in [0.2, 0.25) is 0 Å². The quantitative estimate of drug-likeness (QED) is 0.0171. The van der Waals surface area contributed by atoms with Gasteiger partial charge in [0, 0.05) is 12.8 Å². The Morgan fingerprint density at radius 3 is 1.24 bits per heavy atom. The van der Waals surface area contributed by atoms with Crippen molar-refractivity contribution >= 4 is 11.9 Å². The molecule has 15 nitrogen and oxygen atoms in total. The lowest BCUT2D eigenvalue weighted by Crippen LogP contribution is -2.61. The average molecular weight is 1020 g/mol. The van der Waals surface area contributed by atoms with Crippen LogP contribution in [0.1, 0.15) is 226 Å². The van der Waals surface area contributed by atoms with Gasteiger partial charge in [-0.25, -0.2) is 0 Å². The van der Waals surface area contributed by atoms with E-state index in [1.54, 1.807) is 0 Å². The molecule has 71 heavy (non-hydrogen) atoms. The van der Waals surface area contributed by atoms with Gasteiger partial charge in [0.25, 0.3) is 0 Å². The molecule has 0 bridgehead atoms. The van der Waals surface area contributed by atoms with Crippen LogP contribution >= 0.6 is 0 Å². The Morgan fingerprint density at radius 2 is 0.803 bits per heavy atom. The van der Waals surface area contributed by atoms with E-state index in [1.807, 2.05) is 0 Å². The lowest BCUT2D eigenvalue weighted by Gasteiger charge is -2.42. The molecule has 0 radical (unpaired) electrons. The number of allylic oxidation sites excluding steroid dienone is 4. The minimum absolute atomic E-state index is 0.163. The number of carbonyl (C=O) groups excluding carboxylic acids is 2. The normalized spacial score (nSPS) is 25.3. The molecular formula is C56H102O15. The van der Waals surface area contributed by atoms with Gasteiger partial charge in [-0.2, -0.15) is 0 Å². The number of esters is 2. The van der Waals surface area contributed by atoms with Gasteiger partial charge in [-0.1, -0.05) is 173 Å². The third-order valence-electron chi connectivity index (χ3n) is 13.7. The van der Waals surface area contributed by atoms with E-state index in [2.05, 4.69) is 38.2 Å². The molecule has 0 aliphatic carbocycles. The smallest absolute Gasteiger partial charge is 0.306 e. The van der Waals surface area contributed by atoms with E-state index in [0.29, 0.717) is 12.8 Å². The first-order valence-corrected chi connectivity index (χ1v) is 28.4. The highest BCUT2D eigenvalue weighted by Crippen LogP contribution is 2.27. The first kappa shape index (κ1) is 65.1. The van der Waals surface area contributed by atoms with Crippen molar-refractivity contribution in [3.8, 4) is 0 Å². The first-order valence-electron chi connectivity index (χ1n) is 28.4. The number of rotatable bonds is 45. The summed E-state index contributed by atoms with van der Waals surface area (Å²) in [4.78, 5) is 25.8. The van der Waals surface area contributed by atoms with Crippen molar-refractivity contribution < 1.29 is 73.8 Å². The minimum atomic E-state index is -1.76. The van der Waals surface area contributed by atoms with Crippen molar-refractivity contribution in [2.75, 3.05) is 26.4 Å². The molecule has 2 fully saturated rings. The van der Waals surface area contributed by atoms with Gasteiger partial charge in [-0.15, -0.1) is 0 Å². The Hall–Kier alpha value is -2.02. The molecule has 11 unspecified atom stereocenters. The predicted molar refractivity (Wildman–Crippen MR) is 275 cm³/mol. The van der Waals surface area contributed by atoms with Gasteiger partial charge in [0.05, 0.1) is 19.8 Å². The van der Waals surface area contributed by atoms with E-state index in [1.165, 1.54) is 122 Å². The van der Waals surface area contributed by atoms with Crippen LogP contribution in [0.5, 0.6) is 0 Å². The molecule has 2 aliphatic heterocycles. The Kier molecular flexibility index (Phi) is 39.6. The zero-order chi connectivity index (χ0) is 51.7. The number of carbonyl (C=O) groups is 2. The lowest BCUT2D eigenvalue weighted by atomic mass is 9.98. The number of hydrogen-bond acceptors (Lipinski definition) is 15. The summed E-state index contributed by atoms with van der Waals surface area (Å²) in [6.45, 7) is 2.60. The Labute approximate surface area is 428 Å². The van der Waals surface area contributed by atoms with Crippen LogP contribution in [0.4, 0.5) is 0 Å². The molecule has 0 aromatic rings. The first-order chi connectivity index (χ1) is 34.5. The van der Waals surface area contributed by atoms with E-state index in [-0.39, 0.29) is 26.1 Å².